The highest BCUT2D eigenvalue weighted by molar-refractivity contribution is 5.74. The summed E-state index contributed by atoms with van der Waals surface area (Å²) in [7, 11) is 0. The Kier molecular flexibility index (Phi) is 3.71. The van der Waals surface area contributed by atoms with Gasteiger partial charge in [0, 0.05) is 31.5 Å². The first kappa shape index (κ1) is 10.9. The molecule has 2 amide bonds. The van der Waals surface area contributed by atoms with Crippen LogP contribution >= 0.6 is 0 Å². The van der Waals surface area contributed by atoms with Gasteiger partial charge in [-0.3, -0.25) is 4.98 Å². The van der Waals surface area contributed by atoms with Crippen molar-refractivity contribution in [3.8, 4) is 0 Å². The molecule has 0 spiro atoms. The zero-order valence-electron chi connectivity index (χ0n) is 9.07. The summed E-state index contributed by atoms with van der Waals surface area (Å²) in [6, 6.07) is 3.94. The van der Waals surface area contributed by atoms with Crippen molar-refractivity contribution in [1.29, 1.82) is 0 Å². The van der Waals surface area contributed by atoms with Gasteiger partial charge >= 0.3 is 6.03 Å². The summed E-state index contributed by atoms with van der Waals surface area (Å²) in [6.45, 7) is 2.35. The van der Waals surface area contributed by atoms with Crippen molar-refractivity contribution in [2.45, 2.75) is 19.0 Å². The Morgan fingerprint density at radius 2 is 2.56 bits per heavy atom. The number of carbonyl (C=O) groups excluding carboxylic acids is 1. The van der Waals surface area contributed by atoms with Crippen LogP contribution in [0.5, 0.6) is 0 Å². The van der Waals surface area contributed by atoms with Gasteiger partial charge in [-0.15, -0.1) is 0 Å². The minimum atomic E-state index is -0.113. The Balaban J connectivity index is 1.71. The molecule has 2 rings (SSSR count). The molecule has 0 aliphatic carbocycles. The normalized spacial score (nSPS) is 19.4. The van der Waals surface area contributed by atoms with Crippen molar-refractivity contribution in [3.05, 3.63) is 30.1 Å². The third kappa shape index (κ3) is 3.20. The summed E-state index contributed by atoms with van der Waals surface area (Å²) in [6.07, 6.45) is 4.46. The molecule has 1 unspecified atom stereocenters. The number of amides is 2. The lowest BCUT2D eigenvalue weighted by Gasteiger charge is -2.12. The molecule has 2 heterocycles. The quantitative estimate of drug-likeness (QED) is 0.683. The lowest BCUT2D eigenvalue weighted by atomic mass is 10.2. The molecule has 1 aromatic heterocycles. The number of hydrogen-bond donors (Lipinski definition) is 3. The first-order valence-corrected chi connectivity index (χ1v) is 5.48. The Morgan fingerprint density at radius 1 is 1.62 bits per heavy atom. The first-order valence-electron chi connectivity index (χ1n) is 5.48. The molecule has 86 valence electrons. The van der Waals surface area contributed by atoms with Crippen molar-refractivity contribution < 1.29 is 4.79 Å². The van der Waals surface area contributed by atoms with Gasteiger partial charge in [0.05, 0.1) is 0 Å². The maximum absolute atomic E-state index is 11.5. The van der Waals surface area contributed by atoms with Gasteiger partial charge in [-0.2, -0.15) is 0 Å². The molecular formula is C11H16N4O. The largest absolute Gasteiger partial charge is 0.334 e. The molecule has 0 bridgehead atoms. The van der Waals surface area contributed by atoms with Gasteiger partial charge in [-0.05, 0) is 24.6 Å². The fourth-order valence-corrected chi connectivity index (χ4v) is 1.70. The van der Waals surface area contributed by atoms with Crippen LogP contribution in [0.4, 0.5) is 4.79 Å². The maximum atomic E-state index is 11.5. The molecule has 0 radical (unpaired) electrons. The van der Waals surface area contributed by atoms with Crippen LogP contribution in [0.2, 0.25) is 0 Å². The maximum Gasteiger partial charge on any atom is 0.315 e. The second-order valence-electron chi connectivity index (χ2n) is 3.88. The van der Waals surface area contributed by atoms with Crippen molar-refractivity contribution in [2.24, 2.45) is 0 Å². The molecule has 1 atom stereocenters. The van der Waals surface area contributed by atoms with E-state index >= 15 is 0 Å². The van der Waals surface area contributed by atoms with E-state index in [2.05, 4.69) is 20.9 Å². The van der Waals surface area contributed by atoms with E-state index in [0.717, 1.165) is 25.1 Å². The van der Waals surface area contributed by atoms with E-state index in [9.17, 15) is 4.79 Å². The first-order chi connectivity index (χ1) is 7.84. The minimum absolute atomic E-state index is 0.113. The molecular weight excluding hydrogens is 204 g/mol. The van der Waals surface area contributed by atoms with Gasteiger partial charge in [-0.1, -0.05) is 6.07 Å². The second kappa shape index (κ2) is 5.46. The van der Waals surface area contributed by atoms with Crippen LogP contribution in [0.1, 0.15) is 12.0 Å². The summed E-state index contributed by atoms with van der Waals surface area (Å²) in [4.78, 5) is 15.5. The molecule has 16 heavy (non-hydrogen) atoms. The van der Waals surface area contributed by atoms with Crippen LogP contribution in [-0.4, -0.2) is 30.1 Å². The molecule has 5 nitrogen and oxygen atoms in total. The molecule has 3 N–H and O–H groups in total. The minimum Gasteiger partial charge on any atom is -0.334 e. The highest BCUT2D eigenvalue weighted by atomic mass is 16.2. The van der Waals surface area contributed by atoms with Crippen LogP contribution < -0.4 is 16.0 Å². The van der Waals surface area contributed by atoms with Crippen LogP contribution in [0, 0.1) is 0 Å². The van der Waals surface area contributed by atoms with E-state index in [-0.39, 0.29) is 12.1 Å². The summed E-state index contributed by atoms with van der Waals surface area (Å²) < 4.78 is 0. The average molecular weight is 220 g/mol. The third-order valence-electron chi connectivity index (χ3n) is 2.57. The van der Waals surface area contributed by atoms with Crippen molar-refractivity contribution in [2.75, 3.05) is 13.1 Å². The van der Waals surface area contributed by atoms with Gasteiger partial charge in [0.2, 0.25) is 0 Å². The van der Waals surface area contributed by atoms with Gasteiger partial charge in [-0.25, -0.2) is 4.79 Å². The fourth-order valence-electron chi connectivity index (χ4n) is 1.70. The topological polar surface area (TPSA) is 66.0 Å². The van der Waals surface area contributed by atoms with Crippen molar-refractivity contribution in [1.82, 2.24) is 20.9 Å². The van der Waals surface area contributed by atoms with E-state index in [1.54, 1.807) is 12.4 Å². The summed E-state index contributed by atoms with van der Waals surface area (Å²) in [5.74, 6) is 0. The van der Waals surface area contributed by atoms with E-state index in [1.807, 2.05) is 12.1 Å². The second-order valence-corrected chi connectivity index (χ2v) is 3.88. The number of urea groups is 1. The van der Waals surface area contributed by atoms with Crippen LogP contribution in [0.15, 0.2) is 24.5 Å². The van der Waals surface area contributed by atoms with E-state index in [0.29, 0.717) is 6.54 Å². The highest BCUT2D eigenvalue weighted by Gasteiger charge is 2.15. The SMILES string of the molecule is O=C(NCc1cccnc1)NC1CCNC1. The van der Waals surface area contributed by atoms with Crippen molar-refractivity contribution in [3.63, 3.8) is 0 Å². The Hall–Kier alpha value is -1.62. The standard InChI is InChI=1S/C11H16N4O/c16-11(15-10-3-5-13-8-10)14-7-9-2-1-4-12-6-9/h1-2,4,6,10,13H,3,5,7-8H2,(H2,14,15,16). The summed E-state index contributed by atoms with van der Waals surface area (Å²) in [5, 5.41) is 8.92. The molecule has 0 aromatic carbocycles. The third-order valence-corrected chi connectivity index (χ3v) is 2.57. The Morgan fingerprint density at radius 3 is 3.25 bits per heavy atom. The van der Waals surface area contributed by atoms with Gasteiger partial charge in [0.15, 0.2) is 0 Å². The van der Waals surface area contributed by atoms with Crippen LogP contribution in [0.3, 0.4) is 0 Å². The Bertz CT molecular complexity index is 335. The number of carbonyl (C=O) groups is 1. The van der Waals surface area contributed by atoms with Gasteiger partial charge in [0.25, 0.3) is 0 Å². The lowest BCUT2D eigenvalue weighted by molar-refractivity contribution is 0.237. The fraction of sp³-hybridized carbons (Fsp3) is 0.455. The molecule has 1 fully saturated rings. The van der Waals surface area contributed by atoms with Gasteiger partial charge in [0.1, 0.15) is 0 Å². The average Bonchev–Trinajstić information content (AvgIpc) is 2.81. The molecule has 0 saturated carbocycles. The zero-order chi connectivity index (χ0) is 11.2. The lowest BCUT2D eigenvalue weighted by Crippen LogP contribution is -2.42. The molecule has 1 aromatic rings. The summed E-state index contributed by atoms with van der Waals surface area (Å²) in [5.41, 5.74) is 1.00. The van der Waals surface area contributed by atoms with E-state index < -0.39 is 0 Å². The smallest absolute Gasteiger partial charge is 0.315 e. The highest BCUT2D eigenvalue weighted by Crippen LogP contribution is 1.97. The monoisotopic (exact) mass is 220 g/mol. The van der Waals surface area contributed by atoms with Crippen molar-refractivity contribution >= 4 is 6.03 Å². The van der Waals surface area contributed by atoms with E-state index in [4.69, 9.17) is 0 Å². The van der Waals surface area contributed by atoms with Gasteiger partial charge < -0.3 is 16.0 Å². The number of hydrogen-bond acceptors (Lipinski definition) is 3. The number of nitrogens with one attached hydrogen (secondary N) is 3. The number of pyridine rings is 1. The molecule has 5 heteroatoms. The van der Waals surface area contributed by atoms with Crippen LogP contribution in [0.25, 0.3) is 0 Å². The molecule has 1 saturated heterocycles. The predicted octanol–water partition coefficient (Wildman–Crippen LogP) is 0.243. The molecule has 1 aliphatic heterocycles. The van der Waals surface area contributed by atoms with E-state index in [1.165, 1.54) is 0 Å². The Labute approximate surface area is 94.6 Å². The zero-order valence-corrected chi connectivity index (χ0v) is 9.07. The van der Waals surface area contributed by atoms with Crippen LogP contribution in [-0.2, 0) is 6.54 Å². The predicted molar refractivity (Wildman–Crippen MR) is 60.9 cm³/mol. The number of aromatic nitrogens is 1. The number of nitrogens with zero attached hydrogens (tertiary/aromatic N) is 1. The number of rotatable bonds is 3. The summed E-state index contributed by atoms with van der Waals surface area (Å²) >= 11 is 0. The molecule has 1 aliphatic rings.